The van der Waals surface area contributed by atoms with Gasteiger partial charge in [0.15, 0.2) is 0 Å². The molecule has 1 amide bonds. The first-order valence-corrected chi connectivity index (χ1v) is 4.91. The molecule has 0 saturated carbocycles. The summed E-state index contributed by atoms with van der Waals surface area (Å²) in [5.41, 5.74) is 2.70. The van der Waals surface area contributed by atoms with Crippen LogP contribution in [0.4, 0.5) is 0 Å². The highest BCUT2D eigenvalue weighted by molar-refractivity contribution is 7.07. The lowest BCUT2D eigenvalue weighted by Crippen LogP contribution is -2.22. The van der Waals surface area contributed by atoms with Gasteiger partial charge in [-0.1, -0.05) is 6.92 Å². The van der Waals surface area contributed by atoms with Crippen molar-refractivity contribution in [3.8, 4) is 0 Å². The van der Waals surface area contributed by atoms with Gasteiger partial charge in [0.05, 0.1) is 17.7 Å². The number of nitrogens with zero attached hydrogens (tertiary/aromatic N) is 1. The van der Waals surface area contributed by atoms with Crippen LogP contribution in [0, 0.1) is 0 Å². The maximum absolute atomic E-state index is 11.0. The summed E-state index contributed by atoms with van der Waals surface area (Å²) in [4.78, 5) is 15.1. The molecule has 0 spiro atoms. The zero-order valence-corrected chi connectivity index (χ0v) is 7.86. The molecule has 0 saturated heterocycles. The van der Waals surface area contributed by atoms with Gasteiger partial charge in [-0.3, -0.25) is 4.79 Å². The molecule has 3 nitrogen and oxygen atoms in total. The van der Waals surface area contributed by atoms with Crippen LogP contribution in [0.2, 0.25) is 0 Å². The molecule has 12 heavy (non-hydrogen) atoms. The Labute approximate surface area is 75.8 Å². The quantitative estimate of drug-likeness (QED) is 0.771. The topological polar surface area (TPSA) is 42.0 Å². The van der Waals surface area contributed by atoms with Crippen molar-refractivity contribution < 1.29 is 4.79 Å². The van der Waals surface area contributed by atoms with Crippen LogP contribution in [0.15, 0.2) is 10.9 Å². The van der Waals surface area contributed by atoms with E-state index in [1.54, 1.807) is 16.8 Å². The number of hydrogen-bond donors (Lipinski definition) is 1. The molecular weight excluding hydrogens is 172 g/mol. The van der Waals surface area contributed by atoms with Crippen LogP contribution in [0.1, 0.15) is 25.5 Å². The number of amides is 1. The number of hydrogen-bond acceptors (Lipinski definition) is 3. The normalized spacial score (nSPS) is 9.75. The predicted octanol–water partition coefficient (Wildman–Crippen LogP) is 1.56. The van der Waals surface area contributed by atoms with Gasteiger partial charge in [-0.25, -0.2) is 4.98 Å². The molecule has 1 rings (SSSR count). The van der Waals surface area contributed by atoms with Crippen molar-refractivity contribution in [2.75, 3.05) is 0 Å². The fraction of sp³-hybridized carbons (Fsp3) is 0.500. The first kappa shape index (κ1) is 9.19. The second-order valence-corrected chi connectivity index (χ2v) is 3.23. The lowest BCUT2D eigenvalue weighted by Gasteiger charge is -2.00. The van der Waals surface area contributed by atoms with E-state index in [0.717, 1.165) is 12.1 Å². The Balaban J connectivity index is 2.22. The molecular formula is C8H12N2OS. The van der Waals surface area contributed by atoms with Crippen molar-refractivity contribution in [1.29, 1.82) is 0 Å². The highest BCUT2D eigenvalue weighted by atomic mass is 32.1. The van der Waals surface area contributed by atoms with E-state index in [4.69, 9.17) is 0 Å². The highest BCUT2D eigenvalue weighted by Gasteiger charge is 1.99. The van der Waals surface area contributed by atoms with Gasteiger partial charge in [-0.2, -0.15) is 0 Å². The maximum Gasteiger partial charge on any atom is 0.220 e. The molecule has 1 aromatic rings. The zero-order valence-electron chi connectivity index (χ0n) is 7.04. The molecule has 0 radical (unpaired) electrons. The van der Waals surface area contributed by atoms with Crippen LogP contribution in [-0.4, -0.2) is 10.9 Å². The second kappa shape index (κ2) is 4.87. The zero-order chi connectivity index (χ0) is 8.81. The van der Waals surface area contributed by atoms with E-state index in [-0.39, 0.29) is 5.91 Å². The number of thiazole rings is 1. The number of aromatic nitrogens is 1. The first-order valence-electron chi connectivity index (χ1n) is 3.96. The van der Waals surface area contributed by atoms with Gasteiger partial charge in [0.1, 0.15) is 0 Å². The van der Waals surface area contributed by atoms with Gasteiger partial charge < -0.3 is 5.32 Å². The lowest BCUT2D eigenvalue weighted by atomic mass is 10.3. The third-order valence-corrected chi connectivity index (χ3v) is 2.06. The summed E-state index contributed by atoms with van der Waals surface area (Å²) in [7, 11) is 0. The molecule has 1 heterocycles. The van der Waals surface area contributed by atoms with Crippen molar-refractivity contribution >= 4 is 17.2 Å². The van der Waals surface area contributed by atoms with E-state index in [0.29, 0.717) is 13.0 Å². The van der Waals surface area contributed by atoms with Gasteiger partial charge in [-0.05, 0) is 6.42 Å². The molecule has 0 bridgehead atoms. The molecule has 0 aliphatic carbocycles. The first-order chi connectivity index (χ1) is 5.83. The molecule has 0 aliphatic heterocycles. The van der Waals surface area contributed by atoms with Crippen LogP contribution in [0.3, 0.4) is 0 Å². The fourth-order valence-corrected chi connectivity index (χ4v) is 1.39. The Morgan fingerprint density at radius 3 is 3.17 bits per heavy atom. The van der Waals surface area contributed by atoms with E-state index in [1.165, 1.54) is 0 Å². The molecule has 1 N–H and O–H groups in total. The Morgan fingerprint density at radius 2 is 2.58 bits per heavy atom. The summed E-state index contributed by atoms with van der Waals surface area (Å²) in [6.07, 6.45) is 1.49. The number of carbonyl (C=O) groups excluding carboxylic acids is 1. The molecule has 0 atom stereocenters. The van der Waals surface area contributed by atoms with Crippen LogP contribution < -0.4 is 5.32 Å². The minimum absolute atomic E-state index is 0.102. The molecule has 66 valence electrons. The van der Waals surface area contributed by atoms with Gasteiger partial charge in [0.2, 0.25) is 5.91 Å². The monoisotopic (exact) mass is 184 g/mol. The molecule has 4 heteroatoms. The summed E-state index contributed by atoms with van der Waals surface area (Å²) in [6.45, 7) is 2.55. The summed E-state index contributed by atoms with van der Waals surface area (Å²) < 4.78 is 0. The van der Waals surface area contributed by atoms with Crippen LogP contribution in [0.25, 0.3) is 0 Å². The molecule has 0 aromatic carbocycles. The highest BCUT2D eigenvalue weighted by Crippen LogP contribution is 1.99. The van der Waals surface area contributed by atoms with Crippen molar-refractivity contribution in [3.63, 3.8) is 0 Å². The summed E-state index contributed by atoms with van der Waals surface area (Å²) >= 11 is 1.54. The number of carbonyl (C=O) groups is 1. The minimum Gasteiger partial charge on any atom is -0.350 e. The lowest BCUT2D eigenvalue weighted by molar-refractivity contribution is -0.121. The largest absolute Gasteiger partial charge is 0.350 e. The Hall–Kier alpha value is -0.900. The Kier molecular flexibility index (Phi) is 3.73. The van der Waals surface area contributed by atoms with E-state index < -0.39 is 0 Å². The molecule has 1 aromatic heterocycles. The standard InChI is InChI=1S/C8H12N2OS/c1-2-3-8(11)9-4-7-5-12-6-10-7/h5-6H,2-4H2,1H3,(H,9,11). The smallest absolute Gasteiger partial charge is 0.220 e. The molecule has 0 fully saturated rings. The van der Waals surface area contributed by atoms with Gasteiger partial charge in [0.25, 0.3) is 0 Å². The Morgan fingerprint density at radius 1 is 1.75 bits per heavy atom. The van der Waals surface area contributed by atoms with E-state index in [2.05, 4.69) is 10.3 Å². The van der Waals surface area contributed by atoms with Crippen LogP contribution in [-0.2, 0) is 11.3 Å². The second-order valence-electron chi connectivity index (χ2n) is 2.51. The number of rotatable bonds is 4. The average molecular weight is 184 g/mol. The summed E-state index contributed by atoms with van der Waals surface area (Å²) in [5.74, 6) is 0.102. The van der Waals surface area contributed by atoms with Crippen molar-refractivity contribution in [3.05, 3.63) is 16.6 Å². The SMILES string of the molecule is CCCC(=O)NCc1cscn1. The average Bonchev–Trinajstić information content (AvgIpc) is 2.53. The Bertz CT molecular complexity index is 233. The summed E-state index contributed by atoms with van der Waals surface area (Å²) in [5, 5.41) is 4.73. The van der Waals surface area contributed by atoms with E-state index in [1.807, 2.05) is 12.3 Å². The molecule has 0 unspecified atom stereocenters. The van der Waals surface area contributed by atoms with E-state index in [9.17, 15) is 4.79 Å². The number of nitrogens with one attached hydrogen (secondary N) is 1. The van der Waals surface area contributed by atoms with Gasteiger partial charge in [-0.15, -0.1) is 11.3 Å². The third-order valence-electron chi connectivity index (χ3n) is 1.43. The van der Waals surface area contributed by atoms with Crippen LogP contribution in [0.5, 0.6) is 0 Å². The van der Waals surface area contributed by atoms with Gasteiger partial charge >= 0.3 is 0 Å². The summed E-state index contributed by atoms with van der Waals surface area (Å²) in [6, 6.07) is 0. The predicted molar refractivity (Wildman–Crippen MR) is 48.9 cm³/mol. The molecule has 0 aliphatic rings. The van der Waals surface area contributed by atoms with Crippen LogP contribution >= 0.6 is 11.3 Å². The van der Waals surface area contributed by atoms with Crippen molar-refractivity contribution in [2.45, 2.75) is 26.3 Å². The van der Waals surface area contributed by atoms with E-state index >= 15 is 0 Å². The van der Waals surface area contributed by atoms with Crippen molar-refractivity contribution in [1.82, 2.24) is 10.3 Å². The van der Waals surface area contributed by atoms with Crippen molar-refractivity contribution in [2.24, 2.45) is 0 Å². The maximum atomic E-state index is 11.0. The van der Waals surface area contributed by atoms with Gasteiger partial charge in [0, 0.05) is 11.8 Å². The third kappa shape index (κ3) is 3.00. The minimum atomic E-state index is 0.102. The fourth-order valence-electron chi connectivity index (χ4n) is 0.829.